The van der Waals surface area contributed by atoms with Gasteiger partial charge >= 0.3 is 0 Å². The number of nitrogens with two attached hydrogens (primary N) is 1. The Morgan fingerprint density at radius 2 is 2.00 bits per heavy atom. The van der Waals surface area contributed by atoms with E-state index in [4.69, 9.17) is 5.73 Å². The van der Waals surface area contributed by atoms with Gasteiger partial charge < -0.3 is 10.6 Å². The summed E-state index contributed by atoms with van der Waals surface area (Å²) in [5.41, 5.74) is 6.65. The zero-order valence-electron chi connectivity index (χ0n) is 12.5. The summed E-state index contributed by atoms with van der Waals surface area (Å²) in [5, 5.41) is 6.74. The fourth-order valence-corrected chi connectivity index (χ4v) is 2.96. The highest BCUT2D eigenvalue weighted by atomic mass is 16.1. The van der Waals surface area contributed by atoms with Crippen LogP contribution in [0.5, 0.6) is 0 Å². The number of Topliss-reactive ketones (excluding diaryl/α,β-unsaturated/α-hetero) is 1. The molecule has 1 saturated heterocycles. The summed E-state index contributed by atoms with van der Waals surface area (Å²) in [4.78, 5) is 18.4. The summed E-state index contributed by atoms with van der Waals surface area (Å²) >= 11 is 0. The number of hydrogen-bond donors (Lipinski definition) is 2. The third-order valence-corrected chi connectivity index (χ3v) is 4.15. The molecule has 1 aliphatic heterocycles. The number of rotatable bonds is 5. The van der Waals surface area contributed by atoms with Crippen LogP contribution in [0.2, 0.25) is 0 Å². The van der Waals surface area contributed by atoms with Gasteiger partial charge in [-0.1, -0.05) is 30.3 Å². The molecule has 0 spiro atoms. The summed E-state index contributed by atoms with van der Waals surface area (Å²) in [7, 11) is 0. The third kappa shape index (κ3) is 3.63. The summed E-state index contributed by atoms with van der Waals surface area (Å²) in [6, 6.07) is 9.94. The van der Waals surface area contributed by atoms with Crippen molar-refractivity contribution in [2.75, 3.05) is 23.7 Å². The fraction of sp³-hybridized carbons (Fsp3) is 0.438. The van der Waals surface area contributed by atoms with Crippen LogP contribution in [-0.4, -0.2) is 34.1 Å². The predicted octanol–water partition coefficient (Wildman–Crippen LogP) is 1.81. The number of piperidine rings is 1. The monoisotopic (exact) mass is 299 g/mol. The summed E-state index contributed by atoms with van der Waals surface area (Å²) in [6.45, 7) is 1.75. The number of benzene rings is 1. The maximum absolute atomic E-state index is 12.2. The first-order valence-electron chi connectivity index (χ1n) is 7.69. The number of nitrogens with zero attached hydrogens (tertiary/aromatic N) is 3. The molecule has 0 saturated carbocycles. The number of ketones is 1. The van der Waals surface area contributed by atoms with E-state index in [-0.39, 0.29) is 0 Å². The van der Waals surface area contributed by atoms with Crippen LogP contribution in [0.3, 0.4) is 0 Å². The van der Waals surface area contributed by atoms with E-state index < -0.39 is 0 Å². The molecule has 0 aliphatic carbocycles. The molecule has 3 rings (SSSR count). The van der Waals surface area contributed by atoms with Gasteiger partial charge in [-0.25, -0.2) is 5.10 Å². The smallest absolute Gasteiger partial charge is 0.246 e. The van der Waals surface area contributed by atoms with E-state index in [0.29, 0.717) is 36.4 Å². The van der Waals surface area contributed by atoms with Crippen LogP contribution < -0.4 is 10.6 Å². The lowest BCUT2D eigenvalue weighted by atomic mass is 9.90. The summed E-state index contributed by atoms with van der Waals surface area (Å²) < 4.78 is 0. The van der Waals surface area contributed by atoms with E-state index >= 15 is 0 Å². The molecule has 1 aromatic heterocycles. The Balaban J connectivity index is 1.46. The molecule has 116 valence electrons. The lowest BCUT2D eigenvalue weighted by Gasteiger charge is -2.30. The van der Waals surface area contributed by atoms with E-state index in [0.717, 1.165) is 31.5 Å². The molecule has 6 nitrogen and oxygen atoms in total. The zero-order chi connectivity index (χ0) is 15.4. The second-order valence-corrected chi connectivity index (χ2v) is 5.86. The normalized spacial score (nSPS) is 15.9. The Bertz CT molecular complexity index is 616. The van der Waals surface area contributed by atoms with Crippen LogP contribution in [0.15, 0.2) is 30.3 Å². The van der Waals surface area contributed by atoms with Crippen LogP contribution in [0.4, 0.5) is 11.9 Å². The lowest BCUT2D eigenvalue weighted by molar-refractivity contribution is -0.119. The number of hydrogen-bond acceptors (Lipinski definition) is 5. The maximum atomic E-state index is 12.2. The van der Waals surface area contributed by atoms with Crippen molar-refractivity contribution in [2.45, 2.75) is 25.7 Å². The molecule has 22 heavy (non-hydrogen) atoms. The highest BCUT2D eigenvalue weighted by Crippen LogP contribution is 2.24. The van der Waals surface area contributed by atoms with Gasteiger partial charge in [0, 0.05) is 25.9 Å². The Labute approximate surface area is 129 Å². The standard InChI is InChI=1S/C16H21N5O/c17-15-18-16(20-19-15)21-8-6-13(7-9-21)11-14(22)10-12-4-2-1-3-5-12/h1-5,13H,6-11H2,(H3,17,18,19,20). The van der Waals surface area contributed by atoms with E-state index in [1.165, 1.54) is 0 Å². The van der Waals surface area contributed by atoms with Crippen molar-refractivity contribution >= 4 is 17.7 Å². The minimum atomic E-state index is 0.326. The number of anilines is 2. The summed E-state index contributed by atoms with van der Waals surface area (Å²) in [6.07, 6.45) is 3.20. The van der Waals surface area contributed by atoms with Crippen LogP contribution in [0, 0.1) is 5.92 Å². The highest BCUT2D eigenvalue weighted by Gasteiger charge is 2.23. The number of aromatic amines is 1. The van der Waals surface area contributed by atoms with Crippen LogP contribution in [-0.2, 0) is 11.2 Å². The van der Waals surface area contributed by atoms with Crippen molar-refractivity contribution in [1.29, 1.82) is 0 Å². The molecule has 2 heterocycles. The molecule has 0 atom stereocenters. The van der Waals surface area contributed by atoms with E-state index in [1.807, 2.05) is 30.3 Å². The number of carbonyl (C=O) groups is 1. The van der Waals surface area contributed by atoms with Crippen molar-refractivity contribution < 1.29 is 4.79 Å². The maximum Gasteiger partial charge on any atom is 0.246 e. The molecule has 1 fully saturated rings. The Hall–Kier alpha value is -2.37. The Morgan fingerprint density at radius 3 is 2.64 bits per heavy atom. The minimum Gasteiger partial charge on any atom is -0.368 e. The SMILES string of the molecule is Nc1nc(N2CCC(CC(=O)Cc3ccccc3)CC2)n[nH]1. The average Bonchev–Trinajstić information content (AvgIpc) is 2.95. The molecule has 0 radical (unpaired) electrons. The Morgan fingerprint density at radius 1 is 1.27 bits per heavy atom. The zero-order valence-corrected chi connectivity index (χ0v) is 12.5. The van der Waals surface area contributed by atoms with Gasteiger partial charge in [0.1, 0.15) is 5.78 Å². The highest BCUT2D eigenvalue weighted by molar-refractivity contribution is 5.81. The second-order valence-electron chi connectivity index (χ2n) is 5.86. The first kappa shape index (κ1) is 14.6. The fourth-order valence-electron chi connectivity index (χ4n) is 2.96. The third-order valence-electron chi connectivity index (χ3n) is 4.15. The summed E-state index contributed by atoms with van der Waals surface area (Å²) in [5.74, 6) is 1.79. The molecule has 0 bridgehead atoms. The molecule has 3 N–H and O–H groups in total. The average molecular weight is 299 g/mol. The molecular weight excluding hydrogens is 278 g/mol. The first-order valence-corrected chi connectivity index (χ1v) is 7.69. The minimum absolute atomic E-state index is 0.326. The molecule has 2 aromatic rings. The van der Waals surface area contributed by atoms with Crippen molar-refractivity contribution in [1.82, 2.24) is 15.2 Å². The molecule has 0 unspecified atom stereocenters. The predicted molar refractivity (Wildman–Crippen MR) is 85.5 cm³/mol. The van der Waals surface area contributed by atoms with Gasteiger partial charge in [-0.05, 0) is 24.3 Å². The molecule has 1 aliphatic rings. The van der Waals surface area contributed by atoms with E-state index in [1.54, 1.807) is 0 Å². The second kappa shape index (κ2) is 6.60. The number of nitrogens with one attached hydrogen (secondary N) is 1. The van der Waals surface area contributed by atoms with Gasteiger partial charge in [-0.3, -0.25) is 4.79 Å². The number of carbonyl (C=O) groups excluding carboxylic acids is 1. The van der Waals surface area contributed by atoms with E-state index in [9.17, 15) is 4.79 Å². The molecule has 0 amide bonds. The van der Waals surface area contributed by atoms with Crippen molar-refractivity contribution in [3.63, 3.8) is 0 Å². The molecule has 6 heteroatoms. The quantitative estimate of drug-likeness (QED) is 0.879. The number of aromatic nitrogens is 3. The molecule has 1 aromatic carbocycles. The van der Waals surface area contributed by atoms with Crippen LogP contribution in [0.1, 0.15) is 24.8 Å². The first-order chi connectivity index (χ1) is 10.7. The van der Waals surface area contributed by atoms with Gasteiger partial charge in [0.2, 0.25) is 11.9 Å². The van der Waals surface area contributed by atoms with Crippen molar-refractivity contribution in [3.05, 3.63) is 35.9 Å². The largest absolute Gasteiger partial charge is 0.368 e. The molecular formula is C16H21N5O. The van der Waals surface area contributed by atoms with Gasteiger partial charge in [-0.2, -0.15) is 4.98 Å². The van der Waals surface area contributed by atoms with E-state index in [2.05, 4.69) is 20.1 Å². The van der Waals surface area contributed by atoms with Crippen molar-refractivity contribution in [2.24, 2.45) is 5.92 Å². The van der Waals surface area contributed by atoms with Gasteiger partial charge in [0.15, 0.2) is 0 Å². The van der Waals surface area contributed by atoms with Gasteiger partial charge in [0.05, 0.1) is 0 Å². The van der Waals surface area contributed by atoms with Crippen molar-refractivity contribution in [3.8, 4) is 0 Å². The van der Waals surface area contributed by atoms with Gasteiger partial charge in [-0.15, -0.1) is 5.10 Å². The lowest BCUT2D eigenvalue weighted by Crippen LogP contribution is -2.35. The topological polar surface area (TPSA) is 87.9 Å². The van der Waals surface area contributed by atoms with Gasteiger partial charge in [0.25, 0.3) is 0 Å². The number of H-pyrrole nitrogens is 1. The number of nitrogen functional groups attached to an aromatic ring is 1. The Kier molecular flexibility index (Phi) is 4.37. The van der Waals surface area contributed by atoms with Crippen LogP contribution >= 0.6 is 0 Å². The van der Waals surface area contributed by atoms with Crippen LogP contribution in [0.25, 0.3) is 0 Å².